The van der Waals surface area contributed by atoms with Crippen molar-refractivity contribution < 1.29 is 15.0 Å². The topological polar surface area (TPSA) is 57.5 Å². The number of hydrogen-bond donors (Lipinski definition) is 2. The molecule has 9 atom stereocenters. The summed E-state index contributed by atoms with van der Waals surface area (Å²) in [5.41, 5.74) is 1.95. The van der Waals surface area contributed by atoms with Gasteiger partial charge in [-0.25, -0.2) is 0 Å². The lowest BCUT2D eigenvalue weighted by atomic mass is 9.32. The first-order valence-electron chi connectivity index (χ1n) is 13.8. The highest BCUT2D eigenvalue weighted by atomic mass is 16.4. The molecule has 0 saturated heterocycles. The van der Waals surface area contributed by atoms with Crippen molar-refractivity contribution in [3.05, 3.63) is 11.6 Å². The molecule has 0 spiro atoms. The summed E-state index contributed by atoms with van der Waals surface area (Å²) in [6.45, 7) is 16.9. The fourth-order valence-corrected chi connectivity index (χ4v) is 10.9. The van der Waals surface area contributed by atoms with Crippen molar-refractivity contribution in [1.82, 2.24) is 0 Å². The van der Waals surface area contributed by atoms with Crippen LogP contribution in [0.5, 0.6) is 0 Å². The van der Waals surface area contributed by atoms with Gasteiger partial charge in [0.15, 0.2) is 0 Å². The third-order valence-corrected chi connectivity index (χ3v) is 13.2. The van der Waals surface area contributed by atoms with Gasteiger partial charge < -0.3 is 10.2 Å². The maximum absolute atomic E-state index is 12.5. The minimum Gasteiger partial charge on any atom is -0.481 e. The smallest absolute Gasteiger partial charge is 0.312 e. The fourth-order valence-electron chi connectivity index (χ4n) is 10.9. The first-order valence-corrected chi connectivity index (χ1v) is 13.8. The van der Waals surface area contributed by atoms with E-state index in [9.17, 15) is 15.0 Å². The molecule has 3 heteroatoms. The minimum atomic E-state index is -1.02. The van der Waals surface area contributed by atoms with E-state index in [4.69, 9.17) is 0 Å². The van der Waals surface area contributed by atoms with Crippen LogP contribution in [0, 0.1) is 50.2 Å². The number of fused-ring (bicyclic) bond motifs is 7. The van der Waals surface area contributed by atoms with E-state index >= 15 is 0 Å². The third kappa shape index (κ3) is 2.81. The van der Waals surface area contributed by atoms with Gasteiger partial charge in [0.1, 0.15) is 0 Å². The minimum absolute atomic E-state index is 0.00714. The quantitative estimate of drug-likeness (QED) is 0.409. The molecule has 0 amide bonds. The summed E-state index contributed by atoms with van der Waals surface area (Å²) >= 11 is 0. The number of allylic oxidation sites excluding steroid dienone is 2. The van der Waals surface area contributed by atoms with Gasteiger partial charge >= 0.3 is 5.97 Å². The van der Waals surface area contributed by atoms with Crippen LogP contribution in [0.2, 0.25) is 0 Å². The first-order chi connectivity index (χ1) is 15.2. The van der Waals surface area contributed by atoms with Crippen LogP contribution in [0.25, 0.3) is 0 Å². The lowest BCUT2D eigenvalue weighted by molar-refractivity contribution is -0.242. The van der Waals surface area contributed by atoms with Crippen molar-refractivity contribution in [2.45, 2.75) is 119 Å². The second kappa shape index (κ2) is 6.89. The van der Waals surface area contributed by atoms with Gasteiger partial charge in [-0.05, 0) is 116 Å². The number of aliphatic carboxylic acids is 1. The number of aliphatic hydroxyl groups is 1. The molecule has 3 nitrogen and oxygen atoms in total. The monoisotopic (exact) mass is 456 g/mol. The first kappa shape index (κ1) is 23.9. The van der Waals surface area contributed by atoms with Gasteiger partial charge in [-0.3, -0.25) is 4.79 Å². The number of carboxylic acids is 1. The van der Waals surface area contributed by atoms with Crippen LogP contribution in [0.1, 0.15) is 113 Å². The average molecular weight is 457 g/mol. The van der Waals surface area contributed by atoms with Crippen molar-refractivity contribution >= 4 is 5.97 Å². The van der Waals surface area contributed by atoms with E-state index in [1.807, 2.05) is 6.92 Å². The molecule has 5 aliphatic rings. The number of aliphatic hydroxyl groups excluding tert-OH is 1. The molecular weight excluding hydrogens is 408 g/mol. The molecule has 0 aromatic heterocycles. The summed E-state index contributed by atoms with van der Waals surface area (Å²) in [6.07, 6.45) is 13.1. The normalized spacial score (nSPS) is 55.3. The highest BCUT2D eigenvalue weighted by Crippen LogP contribution is 2.76. The maximum Gasteiger partial charge on any atom is 0.312 e. The summed E-state index contributed by atoms with van der Waals surface area (Å²) in [4.78, 5) is 12.5. The van der Waals surface area contributed by atoms with E-state index in [0.717, 1.165) is 25.2 Å². The largest absolute Gasteiger partial charge is 0.481 e. The van der Waals surface area contributed by atoms with Gasteiger partial charge in [0.25, 0.3) is 0 Å². The summed E-state index contributed by atoms with van der Waals surface area (Å²) < 4.78 is 0. The molecule has 0 aromatic rings. The molecule has 0 radical (unpaired) electrons. The summed E-state index contributed by atoms with van der Waals surface area (Å²) in [7, 11) is 0. The van der Waals surface area contributed by atoms with E-state index < -0.39 is 17.5 Å². The predicted octanol–water partition coefficient (Wildman–Crippen LogP) is 7.23. The van der Waals surface area contributed by atoms with E-state index in [1.54, 1.807) is 5.57 Å². The van der Waals surface area contributed by atoms with E-state index in [1.165, 1.54) is 38.5 Å². The zero-order valence-electron chi connectivity index (χ0n) is 22.3. The van der Waals surface area contributed by atoms with Gasteiger partial charge in [-0.1, -0.05) is 53.2 Å². The Kier molecular flexibility index (Phi) is 4.99. The Morgan fingerprint density at radius 1 is 0.818 bits per heavy atom. The van der Waals surface area contributed by atoms with Gasteiger partial charge in [0.2, 0.25) is 0 Å². The molecule has 5 rings (SSSR count). The van der Waals surface area contributed by atoms with Crippen LogP contribution < -0.4 is 0 Å². The van der Waals surface area contributed by atoms with Crippen LogP contribution in [0.4, 0.5) is 0 Å². The summed E-state index contributed by atoms with van der Waals surface area (Å²) in [6, 6.07) is 0. The van der Waals surface area contributed by atoms with Crippen LogP contribution in [-0.2, 0) is 4.79 Å². The molecule has 33 heavy (non-hydrogen) atoms. The molecule has 5 aliphatic carbocycles. The number of carbonyl (C=O) groups is 1. The Morgan fingerprint density at radius 3 is 2.15 bits per heavy atom. The van der Waals surface area contributed by atoms with Crippen molar-refractivity contribution in [2.75, 3.05) is 0 Å². The van der Waals surface area contributed by atoms with Crippen molar-refractivity contribution in [3.63, 3.8) is 0 Å². The molecule has 0 unspecified atom stereocenters. The molecule has 0 heterocycles. The number of carboxylic acid groups (broad SMARTS) is 1. The maximum atomic E-state index is 12.5. The molecule has 0 bridgehead atoms. The Morgan fingerprint density at radius 2 is 1.48 bits per heavy atom. The van der Waals surface area contributed by atoms with Crippen molar-refractivity contribution in [3.8, 4) is 0 Å². The Bertz CT molecular complexity index is 889. The van der Waals surface area contributed by atoms with Crippen molar-refractivity contribution in [1.29, 1.82) is 0 Å². The second-order valence-electron chi connectivity index (χ2n) is 14.9. The van der Waals surface area contributed by atoms with Gasteiger partial charge in [-0.15, -0.1) is 0 Å². The second-order valence-corrected chi connectivity index (χ2v) is 14.9. The van der Waals surface area contributed by atoms with Crippen LogP contribution in [0.3, 0.4) is 0 Å². The SMILES string of the molecule is CC1(C)CC[C@@]2(C)C(=CC[C@]3(C)[C@@H]2CC[C@@H]2[C@@]4(C)CC[C@H](O)[C@](C)(C(=O)O)[C@@H]4CC[C@]23C)C1. The van der Waals surface area contributed by atoms with E-state index in [0.29, 0.717) is 23.2 Å². The highest BCUT2D eigenvalue weighted by molar-refractivity contribution is 5.76. The highest BCUT2D eigenvalue weighted by Gasteiger charge is 2.70. The Balaban J connectivity index is 1.56. The number of rotatable bonds is 1. The lowest BCUT2D eigenvalue weighted by Crippen LogP contribution is -2.67. The van der Waals surface area contributed by atoms with Gasteiger partial charge in [0.05, 0.1) is 11.5 Å². The lowest BCUT2D eigenvalue weighted by Gasteiger charge is -2.72. The molecule has 4 fully saturated rings. The van der Waals surface area contributed by atoms with Gasteiger partial charge in [0, 0.05) is 0 Å². The molecule has 0 aromatic carbocycles. The molecular formula is C30H48O3. The molecule has 0 aliphatic heterocycles. The standard InChI is InChI=1S/C30H48O3/c1-25(2)16-17-26(3)19(18-25)10-14-28(5)20(26)8-9-21-27(4)13-12-23(31)30(7,24(32)33)22(27)11-15-29(21,28)6/h10,20-23,31H,8-9,11-18H2,1-7H3,(H,32,33)/t20-,21-,22-,23+,26+,27-,28-,29-,30-/m1/s1. The molecule has 2 N–H and O–H groups in total. The van der Waals surface area contributed by atoms with Gasteiger partial charge in [-0.2, -0.15) is 0 Å². The van der Waals surface area contributed by atoms with E-state index in [2.05, 4.69) is 47.6 Å². The van der Waals surface area contributed by atoms with Crippen LogP contribution >= 0.6 is 0 Å². The summed E-state index contributed by atoms with van der Waals surface area (Å²) in [5.74, 6) is 0.527. The molecule has 4 saturated carbocycles. The zero-order valence-corrected chi connectivity index (χ0v) is 22.3. The van der Waals surface area contributed by atoms with Crippen LogP contribution in [-0.4, -0.2) is 22.3 Å². The van der Waals surface area contributed by atoms with Crippen LogP contribution in [0.15, 0.2) is 11.6 Å². The molecule has 186 valence electrons. The Labute approximate surface area is 201 Å². The predicted molar refractivity (Wildman–Crippen MR) is 133 cm³/mol. The van der Waals surface area contributed by atoms with E-state index in [-0.39, 0.29) is 22.2 Å². The zero-order chi connectivity index (χ0) is 24.2. The third-order valence-electron chi connectivity index (χ3n) is 13.2. The Hall–Kier alpha value is -0.830. The summed E-state index contributed by atoms with van der Waals surface area (Å²) in [5, 5.41) is 21.1. The fraction of sp³-hybridized carbons (Fsp3) is 0.900. The average Bonchev–Trinajstić information content (AvgIpc) is 2.72. The number of hydrogen-bond acceptors (Lipinski definition) is 2. The van der Waals surface area contributed by atoms with Crippen molar-refractivity contribution in [2.24, 2.45) is 50.2 Å².